The highest BCUT2D eigenvalue weighted by Crippen LogP contribution is 2.23. The van der Waals surface area contributed by atoms with Gasteiger partial charge in [-0.15, -0.1) is 0 Å². The van der Waals surface area contributed by atoms with Crippen LogP contribution in [-0.2, 0) is 6.54 Å². The van der Waals surface area contributed by atoms with Crippen LogP contribution in [0.5, 0.6) is 5.75 Å². The molecule has 0 aliphatic rings. The molecule has 0 fully saturated rings. The number of carbonyl (C=O) groups excluding carboxylic acids is 1. The summed E-state index contributed by atoms with van der Waals surface area (Å²) in [6, 6.07) is 25.5. The van der Waals surface area contributed by atoms with Crippen molar-refractivity contribution in [1.29, 1.82) is 0 Å². The molecule has 170 valence electrons. The highest BCUT2D eigenvalue weighted by Gasteiger charge is 2.19. The molecule has 1 atom stereocenters. The van der Waals surface area contributed by atoms with E-state index in [1.54, 1.807) is 0 Å². The number of nitrogens with one attached hydrogen (secondary N) is 1. The fourth-order valence-electron chi connectivity index (χ4n) is 3.95. The number of rotatable bonds is 10. The first-order chi connectivity index (χ1) is 16.2. The number of ether oxygens (including phenoxy) is 1. The Hall–Kier alpha value is -3.60. The van der Waals surface area contributed by atoms with Gasteiger partial charge in [0.05, 0.1) is 23.7 Å². The zero-order chi connectivity index (χ0) is 23.0. The maximum Gasteiger partial charge on any atom is 0.251 e. The van der Waals surface area contributed by atoms with Crippen molar-refractivity contribution in [3.63, 3.8) is 0 Å². The first-order valence-corrected chi connectivity index (χ1v) is 11.7. The Labute approximate surface area is 195 Å². The largest absolute Gasteiger partial charge is 0.494 e. The summed E-state index contributed by atoms with van der Waals surface area (Å²) in [6.07, 6.45) is 3.37. The molecule has 0 bridgehead atoms. The van der Waals surface area contributed by atoms with E-state index < -0.39 is 0 Å². The smallest absolute Gasteiger partial charge is 0.251 e. The molecule has 33 heavy (non-hydrogen) atoms. The molecule has 1 unspecified atom stereocenters. The summed E-state index contributed by atoms with van der Waals surface area (Å²) in [5.41, 5.74) is 3.78. The maximum absolute atomic E-state index is 12.9. The predicted molar refractivity (Wildman–Crippen MR) is 133 cm³/mol. The van der Waals surface area contributed by atoms with Crippen LogP contribution in [0.25, 0.3) is 11.0 Å². The molecular formula is C28H31N3O2. The molecule has 1 N–H and O–H groups in total. The van der Waals surface area contributed by atoms with Crippen molar-refractivity contribution in [2.75, 3.05) is 6.61 Å². The standard InChI is InChI=1S/C28H31N3O2/c1-3-4-10-19-33-24-17-15-23(16-18-24)28(32)29-21(2)27-30-25-13-8-9-14-26(25)31(27)20-22-11-6-5-7-12-22/h5-9,11-18,21H,3-4,10,19-20H2,1-2H3,(H,29,32). The van der Waals surface area contributed by atoms with Crippen LogP contribution in [0.15, 0.2) is 78.9 Å². The van der Waals surface area contributed by atoms with Gasteiger partial charge in [-0.1, -0.05) is 62.2 Å². The van der Waals surface area contributed by atoms with Crippen molar-refractivity contribution in [2.24, 2.45) is 0 Å². The molecule has 4 aromatic rings. The van der Waals surface area contributed by atoms with Gasteiger partial charge in [0.15, 0.2) is 0 Å². The third kappa shape index (κ3) is 5.61. The number of unbranched alkanes of at least 4 members (excludes halogenated alkanes) is 2. The van der Waals surface area contributed by atoms with Gasteiger partial charge in [-0.3, -0.25) is 4.79 Å². The Balaban J connectivity index is 1.49. The SMILES string of the molecule is CCCCCOc1ccc(C(=O)NC(C)c2nc3ccccc3n2Cc2ccccc2)cc1. The Bertz CT molecular complexity index is 1180. The van der Waals surface area contributed by atoms with Crippen LogP contribution in [0.3, 0.4) is 0 Å². The normalized spacial score (nSPS) is 11.9. The van der Waals surface area contributed by atoms with E-state index in [1.165, 1.54) is 12.0 Å². The second kappa shape index (κ2) is 10.8. The minimum atomic E-state index is -0.251. The van der Waals surface area contributed by atoms with Gasteiger partial charge >= 0.3 is 0 Å². The summed E-state index contributed by atoms with van der Waals surface area (Å²) in [6.45, 7) is 5.55. The molecule has 0 saturated heterocycles. The van der Waals surface area contributed by atoms with Gasteiger partial charge in [-0.05, 0) is 55.3 Å². The number of hydrogen-bond donors (Lipinski definition) is 1. The van der Waals surface area contributed by atoms with Crippen molar-refractivity contribution < 1.29 is 9.53 Å². The summed E-state index contributed by atoms with van der Waals surface area (Å²) in [4.78, 5) is 17.8. The van der Waals surface area contributed by atoms with Crippen LogP contribution >= 0.6 is 0 Å². The summed E-state index contributed by atoms with van der Waals surface area (Å²) < 4.78 is 7.94. The van der Waals surface area contributed by atoms with Crippen molar-refractivity contribution >= 4 is 16.9 Å². The number of para-hydroxylation sites is 2. The fraction of sp³-hybridized carbons (Fsp3) is 0.286. The van der Waals surface area contributed by atoms with E-state index in [9.17, 15) is 4.79 Å². The molecule has 0 spiro atoms. The first kappa shape index (κ1) is 22.6. The number of imidazole rings is 1. The number of aromatic nitrogens is 2. The van der Waals surface area contributed by atoms with Crippen LogP contribution in [0.4, 0.5) is 0 Å². The van der Waals surface area contributed by atoms with Crippen molar-refractivity contribution in [1.82, 2.24) is 14.9 Å². The summed E-state index contributed by atoms with van der Waals surface area (Å²) in [7, 11) is 0. The lowest BCUT2D eigenvalue weighted by molar-refractivity contribution is 0.0937. The Morgan fingerprint density at radius 2 is 1.70 bits per heavy atom. The molecule has 0 saturated carbocycles. The van der Waals surface area contributed by atoms with Gasteiger partial charge in [-0.25, -0.2) is 4.98 Å². The van der Waals surface area contributed by atoms with Gasteiger partial charge in [-0.2, -0.15) is 0 Å². The number of amides is 1. The number of benzene rings is 3. The topological polar surface area (TPSA) is 56.1 Å². The second-order valence-electron chi connectivity index (χ2n) is 8.31. The van der Waals surface area contributed by atoms with Gasteiger partial charge in [0, 0.05) is 12.1 Å². The highest BCUT2D eigenvalue weighted by molar-refractivity contribution is 5.94. The highest BCUT2D eigenvalue weighted by atomic mass is 16.5. The van der Waals surface area contributed by atoms with Crippen molar-refractivity contribution in [3.05, 3.63) is 95.8 Å². The molecule has 3 aromatic carbocycles. The molecule has 1 aromatic heterocycles. The lowest BCUT2D eigenvalue weighted by Gasteiger charge is -2.17. The Kier molecular flexibility index (Phi) is 7.40. The number of fused-ring (bicyclic) bond motifs is 1. The summed E-state index contributed by atoms with van der Waals surface area (Å²) >= 11 is 0. The van der Waals surface area contributed by atoms with E-state index in [4.69, 9.17) is 9.72 Å². The zero-order valence-corrected chi connectivity index (χ0v) is 19.3. The number of hydrogen-bond acceptors (Lipinski definition) is 3. The van der Waals surface area contributed by atoms with Crippen LogP contribution in [0.1, 0.15) is 60.9 Å². The quantitative estimate of drug-likeness (QED) is 0.301. The monoisotopic (exact) mass is 441 g/mol. The average molecular weight is 442 g/mol. The lowest BCUT2D eigenvalue weighted by atomic mass is 10.2. The predicted octanol–water partition coefficient (Wildman–Crippen LogP) is 6.14. The van der Waals surface area contributed by atoms with E-state index in [0.717, 1.165) is 35.4 Å². The lowest BCUT2D eigenvalue weighted by Crippen LogP contribution is -2.28. The van der Waals surface area contributed by atoms with Crippen LogP contribution in [0, 0.1) is 0 Å². The van der Waals surface area contributed by atoms with Gasteiger partial charge in [0.25, 0.3) is 5.91 Å². The van der Waals surface area contributed by atoms with Crippen LogP contribution in [-0.4, -0.2) is 22.1 Å². The molecule has 0 aliphatic carbocycles. The molecule has 4 rings (SSSR count). The minimum Gasteiger partial charge on any atom is -0.494 e. The average Bonchev–Trinajstić information content (AvgIpc) is 3.21. The van der Waals surface area contributed by atoms with Gasteiger partial charge in [0.1, 0.15) is 11.6 Å². The van der Waals surface area contributed by atoms with Crippen LogP contribution in [0.2, 0.25) is 0 Å². The van der Waals surface area contributed by atoms with Gasteiger partial charge < -0.3 is 14.6 Å². The first-order valence-electron chi connectivity index (χ1n) is 11.7. The third-order valence-electron chi connectivity index (χ3n) is 5.74. The summed E-state index contributed by atoms with van der Waals surface area (Å²) in [5.74, 6) is 1.50. The molecule has 1 amide bonds. The van der Waals surface area contributed by atoms with E-state index >= 15 is 0 Å². The minimum absolute atomic E-state index is 0.127. The molecule has 5 heteroatoms. The Morgan fingerprint density at radius 1 is 0.970 bits per heavy atom. The van der Waals surface area contributed by atoms with E-state index in [1.807, 2.05) is 67.6 Å². The van der Waals surface area contributed by atoms with Gasteiger partial charge in [0.2, 0.25) is 0 Å². The number of nitrogens with zero attached hydrogens (tertiary/aromatic N) is 2. The van der Waals surface area contributed by atoms with E-state index in [2.05, 4.69) is 35.0 Å². The molecule has 0 radical (unpaired) electrons. The zero-order valence-electron chi connectivity index (χ0n) is 19.3. The molecular weight excluding hydrogens is 410 g/mol. The molecule has 5 nitrogen and oxygen atoms in total. The van der Waals surface area contributed by atoms with E-state index in [0.29, 0.717) is 18.7 Å². The maximum atomic E-state index is 12.9. The number of carbonyl (C=O) groups is 1. The molecule has 0 aliphatic heterocycles. The third-order valence-corrected chi connectivity index (χ3v) is 5.74. The Morgan fingerprint density at radius 3 is 2.45 bits per heavy atom. The van der Waals surface area contributed by atoms with Crippen molar-refractivity contribution in [2.45, 2.75) is 45.7 Å². The molecule has 1 heterocycles. The van der Waals surface area contributed by atoms with Crippen molar-refractivity contribution in [3.8, 4) is 5.75 Å². The van der Waals surface area contributed by atoms with E-state index in [-0.39, 0.29) is 11.9 Å². The second-order valence-corrected chi connectivity index (χ2v) is 8.31. The fourth-order valence-corrected chi connectivity index (χ4v) is 3.95. The summed E-state index contributed by atoms with van der Waals surface area (Å²) in [5, 5.41) is 3.12. The van der Waals surface area contributed by atoms with Crippen LogP contribution < -0.4 is 10.1 Å².